The van der Waals surface area contributed by atoms with Crippen molar-refractivity contribution >= 4 is 40.6 Å². The van der Waals surface area contributed by atoms with Gasteiger partial charge in [0.2, 0.25) is 17.7 Å². The summed E-state index contributed by atoms with van der Waals surface area (Å²) in [7, 11) is 1.63. The van der Waals surface area contributed by atoms with Gasteiger partial charge in [0.15, 0.2) is 0 Å². The highest BCUT2D eigenvalue weighted by atomic mass is 35.5. The molecule has 2 fully saturated rings. The third-order valence-electron chi connectivity index (χ3n) is 10.1. The van der Waals surface area contributed by atoms with Crippen molar-refractivity contribution in [3.05, 3.63) is 106 Å². The summed E-state index contributed by atoms with van der Waals surface area (Å²) >= 11 is 14.4. The molecular weight excluding hydrogens is 661 g/mol. The van der Waals surface area contributed by atoms with E-state index in [0.29, 0.717) is 50.0 Å². The molecule has 1 aliphatic carbocycles. The number of alkyl halides is 1. The second-order valence-corrected chi connectivity index (χ2v) is 14.0. The SMILES string of the molecule is COc1nc(C2(c3ccc4c(c3)OCCC4NC[C@@H]3CCC(=O)N3)C=CC=C(c3ccccc3Cl)C2Cl)ccc1CNC[C@@H]1CCC(=O)N1. The fraction of sp³-hybridized carbons (Fsp3) is 0.395. The molecule has 0 saturated carbocycles. The van der Waals surface area contributed by atoms with Gasteiger partial charge in [0.1, 0.15) is 5.75 Å². The third kappa shape index (κ3) is 6.82. The molecule has 5 atom stereocenters. The van der Waals surface area contributed by atoms with Gasteiger partial charge in [-0.05, 0) is 47.7 Å². The van der Waals surface area contributed by atoms with Crippen molar-refractivity contribution in [2.75, 3.05) is 26.8 Å². The normalized spacial score (nSPS) is 26.1. The first-order chi connectivity index (χ1) is 23.9. The number of aromatic nitrogens is 1. The minimum atomic E-state index is -0.898. The number of nitrogens with zero attached hydrogens (tertiary/aromatic N) is 1. The van der Waals surface area contributed by atoms with Crippen molar-refractivity contribution in [3.8, 4) is 11.6 Å². The summed E-state index contributed by atoms with van der Waals surface area (Å²) in [5.74, 6) is 1.52. The van der Waals surface area contributed by atoms with Crippen LogP contribution in [0.2, 0.25) is 5.02 Å². The molecule has 49 heavy (non-hydrogen) atoms. The number of hydrogen-bond acceptors (Lipinski definition) is 7. The van der Waals surface area contributed by atoms with Gasteiger partial charge in [0.05, 0.1) is 30.2 Å². The number of carbonyl (C=O) groups is 2. The molecular formula is C38H41Cl2N5O4. The lowest BCUT2D eigenvalue weighted by Gasteiger charge is -2.40. The minimum Gasteiger partial charge on any atom is -0.493 e. The van der Waals surface area contributed by atoms with Crippen molar-refractivity contribution < 1.29 is 19.1 Å². The number of pyridine rings is 1. The summed E-state index contributed by atoms with van der Waals surface area (Å²) < 4.78 is 12.1. The average molecular weight is 703 g/mol. The van der Waals surface area contributed by atoms with Gasteiger partial charge in [-0.1, -0.05) is 66.2 Å². The summed E-state index contributed by atoms with van der Waals surface area (Å²) in [6.45, 7) is 2.48. The lowest BCUT2D eigenvalue weighted by Crippen LogP contribution is -2.40. The van der Waals surface area contributed by atoms with E-state index in [2.05, 4.69) is 45.5 Å². The lowest BCUT2D eigenvalue weighted by atomic mass is 9.68. The number of nitrogens with one attached hydrogen (secondary N) is 4. The summed E-state index contributed by atoms with van der Waals surface area (Å²) in [5, 5.41) is 13.2. The molecule has 4 aliphatic rings. The van der Waals surface area contributed by atoms with Crippen LogP contribution in [-0.2, 0) is 21.5 Å². The Morgan fingerprint density at radius 3 is 2.51 bits per heavy atom. The van der Waals surface area contributed by atoms with Crippen molar-refractivity contribution in [1.29, 1.82) is 0 Å². The Morgan fingerprint density at radius 2 is 1.78 bits per heavy atom. The third-order valence-corrected chi connectivity index (χ3v) is 11.0. The van der Waals surface area contributed by atoms with Gasteiger partial charge in [0, 0.05) is 73.2 Å². The highest BCUT2D eigenvalue weighted by Crippen LogP contribution is 2.50. The maximum Gasteiger partial charge on any atom is 0.220 e. The molecule has 9 nitrogen and oxygen atoms in total. The number of allylic oxidation sites excluding steroid dienone is 4. The maximum absolute atomic E-state index is 11.7. The van der Waals surface area contributed by atoms with E-state index in [9.17, 15) is 9.59 Å². The van der Waals surface area contributed by atoms with E-state index in [1.807, 2.05) is 48.6 Å². The fourth-order valence-electron chi connectivity index (χ4n) is 7.44. The standard InChI is InChI=1S/C38H41Cl2N5O4/c1-48-37-23(20-41-21-25-10-14-34(46)43-25)8-13-33(45-37)38(17-4-6-28(36(38)40)27-5-2-3-7-30(27)39)24-9-12-29-31(16-18-49-32(29)19-24)42-22-26-11-15-35(47)44-26/h2-9,12-13,17,19,25-26,31,36,41-42H,10-11,14-16,18,20-22H2,1H3,(H,43,46)(H,44,47)/t25-,26-,31?,36?,38?/m0/s1. The van der Waals surface area contributed by atoms with Crippen molar-refractivity contribution in [2.45, 2.75) is 67.6 Å². The Balaban J connectivity index is 1.23. The zero-order chi connectivity index (χ0) is 34.0. The minimum absolute atomic E-state index is 0.0977. The smallest absolute Gasteiger partial charge is 0.220 e. The number of benzene rings is 2. The van der Waals surface area contributed by atoms with E-state index in [1.165, 1.54) is 0 Å². The number of amides is 2. The first-order valence-corrected chi connectivity index (χ1v) is 17.8. The molecule has 4 N–H and O–H groups in total. The Morgan fingerprint density at radius 1 is 1.00 bits per heavy atom. The number of hydrogen-bond donors (Lipinski definition) is 4. The van der Waals surface area contributed by atoms with Gasteiger partial charge in [0.25, 0.3) is 0 Å². The van der Waals surface area contributed by atoms with Crippen LogP contribution in [0.15, 0.2) is 72.8 Å². The molecule has 1 aromatic heterocycles. The van der Waals surface area contributed by atoms with Gasteiger partial charge in [-0.25, -0.2) is 4.98 Å². The summed E-state index contributed by atoms with van der Waals surface area (Å²) in [4.78, 5) is 28.5. The molecule has 0 radical (unpaired) electrons. The quantitative estimate of drug-likeness (QED) is 0.200. The molecule has 2 amide bonds. The molecule has 256 valence electrons. The van der Waals surface area contributed by atoms with Crippen molar-refractivity contribution in [2.24, 2.45) is 0 Å². The van der Waals surface area contributed by atoms with Crippen LogP contribution in [0.3, 0.4) is 0 Å². The van der Waals surface area contributed by atoms with E-state index < -0.39 is 10.8 Å². The van der Waals surface area contributed by atoms with Crippen LogP contribution < -0.4 is 30.7 Å². The molecule has 0 bridgehead atoms. The largest absolute Gasteiger partial charge is 0.493 e. The summed E-state index contributed by atoms with van der Waals surface area (Å²) in [6.07, 6.45) is 9.80. The molecule has 11 heteroatoms. The second-order valence-electron chi connectivity index (χ2n) is 13.1. The zero-order valence-corrected chi connectivity index (χ0v) is 28.9. The van der Waals surface area contributed by atoms with E-state index in [0.717, 1.165) is 58.5 Å². The molecule has 4 heterocycles. The van der Waals surface area contributed by atoms with Gasteiger partial charge in [-0.3, -0.25) is 9.59 Å². The monoisotopic (exact) mass is 701 g/mol. The number of methoxy groups -OCH3 is 1. The topological polar surface area (TPSA) is 114 Å². The average Bonchev–Trinajstić information content (AvgIpc) is 3.74. The Bertz CT molecular complexity index is 1800. The van der Waals surface area contributed by atoms with Crippen LogP contribution in [0.4, 0.5) is 0 Å². The Labute approximate surface area is 296 Å². The number of rotatable bonds is 11. The predicted molar refractivity (Wildman–Crippen MR) is 191 cm³/mol. The van der Waals surface area contributed by atoms with Crippen LogP contribution in [0.1, 0.15) is 66.1 Å². The molecule has 2 saturated heterocycles. The van der Waals surface area contributed by atoms with E-state index in [1.54, 1.807) is 7.11 Å². The van der Waals surface area contributed by atoms with E-state index in [4.69, 9.17) is 37.7 Å². The van der Waals surface area contributed by atoms with Crippen molar-refractivity contribution in [1.82, 2.24) is 26.3 Å². The molecule has 3 unspecified atom stereocenters. The number of halogens is 2. The number of fused-ring (bicyclic) bond motifs is 1. The highest BCUT2D eigenvalue weighted by Gasteiger charge is 2.45. The van der Waals surface area contributed by atoms with Gasteiger partial charge < -0.3 is 30.7 Å². The summed E-state index contributed by atoms with van der Waals surface area (Å²) in [6, 6.07) is 18.5. The molecule has 3 aliphatic heterocycles. The van der Waals surface area contributed by atoms with E-state index in [-0.39, 0.29) is 29.9 Å². The number of carbonyl (C=O) groups excluding carboxylic acids is 2. The van der Waals surface area contributed by atoms with Crippen LogP contribution >= 0.6 is 23.2 Å². The fourth-order valence-corrected chi connectivity index (χ4v) is 8.19. The van der Waals surface area contributed by atoms with Gasteiger partial charge >= 0.3 is 0 Å². The molecule has 0 spiro atoms. The Kier molecular flexibility index (Phi) is 9.96. The van der Waals surface area contributed by atoms with Crippen LogP contribution in [0.25, 0.3) is 5.57 Å². The maximum atomic E-state index is 11.7. The first-order valence-electron chi connectivity index (χ1n) is 17.0. The van der Waals surface area contributed by atoms with Crippen LogP contribution in [0.5, 0.6) is 11.6 Å². The second kappa shape index (κ2) is 14.5. The van der Waals surface area contributed by atoms with Gasteiger partial charge in [-0.15, -0.1) is 11.6 Å². The summed E-state index contributed by atoms with van der Waals surface area (Å²) in [5.41, 5.74) is 4.49. The lowest BCUT2D eigenvalue weighted by molar-refractivity contribution is -0.120. The van der Waals surface area contributed by atoms with E-state index >= 15 is 0 Å². The predicted octanol–water partition coefficient (Wildman–Crippen LogP) is 5.35. The molecule has 3 aromatic rings. The highest BCUT2D eigenvalue weighted by molar-refractivity contribution is 6.34. The number of ether oxygens (including phenoxy) is 2. The van der Waals surface area contributed by atoms with Gasteiger partial charge in [-0.2, -0.15) is 0 Å². The van der Waals surface area contributed by atoms with Crippen molar-refractivity contribution in [3.63, 3.8) is 0 Å². The van der Waals surface area contributed by atoms with Crippen LogP contribution in [-0.4, -0.2) is 61.1 Å². The zero-order valence-electron chi connectivity index (χ0n) is 27.4. The molecule has 7 rings (SSSR count). The van der Waals surface area contributed by atoms with Crippen LogP contribution in [0, 0.1) is 0 Å². The Hall–Kier alpha value is -3.89. The first kappa shape index (κ1) is 33.6. The molecule has 2 aromatic carbocycles.